The second kappa shape index (κ2) is 11.7. The zero-order valence-electron chi connectivity index (χ0n) is 18.9. The van der Waals surface area contributed by atoms with E-state index < -0.39 is 10.0 Å². The number of carbonyl (C=O) groups is 1. The van der Waals surface area contributed by atoms with Gasteiger partial charge in [0, 0.05) is 12.6 Å². The number of sulfonamides is 1. The third kappa shape index (κ3) is 6.99. The molecule has 1 unspecified atom stereocenters. The fourth-order valence-electron chi connectivity index (χ4n) is 3.31. The molecule has 1 N–H and O–H groups in total. The largest absolute Gasteiger partial charge is 0.497 e. The van der Waals surface area contributed by atoms with E-state index in [2.05, 4.69) is 19.2 Å². The topological polar surface area (TPSA) is 75.7 Å². The van der Waals surface area contributed by atoms with Crippen molar-refractivity contribution in [3.8, 4) is 5.75 Å². The molecule has 1 atom stereocenters. The van der Waals surface area contributed by atoms with Crippen molar-refractivity contribution >= 4 is 21.6 Å². The van der Waals surface area contributed by atoms with Gasteiger partial charge >= 0.3 is 0 Å². The lowest BCUT2D eigenvalue weighted by molar-refractivity contribution is -0.119. The van der Waals surface area contributed by atoms with E-state index in [1.165, 1.54) is 7.11 Å². The van der Waals surface area contributed by atoms with E-state index in [4.69, 9.17) is 4.74 Å². The zero-order valence-corrected chi connectivity index (χ0v) is 19.7. The highest BCUT2D eigenvalue weighted by Gasteiger charge is 2.27. The minimum atomic E-state index is -3.93. The predicted molar refractivity (Wildman–Crippen MR) is 125 cm³/mol. The lowest BCUT2D eigenvalue weighted by atomic mass is 9.99. The molecule has 0 saturated carbocycles. The van der Waals surface area contributed by atoms with Crippen LogP contribution in [-0.2, 0) is 14.8 Å². The summed E-state index contributed by atoms with van der Waals surface area (Å²) in [6.07, 6.45) is 4.26. The van der Waals surface area contributed by atoms with Gasteiger partial charge < -0.3 is 10.1 Å². The van der Waals surface area contributed by atoms with Gasteiger partial charge in [0.05, 0.1) is 17.7 Å². The van der Waals surface area contributed by atoms with Crippen molar-refractivity contribution < 1.29 is 17.9 Å². The van der Waals surface area contributed by atoms with Gasteiger partial charge in [-0.25, -0.2) is 8.42 Å². The number of ether oxygens (including phenoxy) is 1. The number of hydrogen-bond acceptors (Lipinski definition) is 4. The van der Waals surface area contributed by atoms with Crippen LogP contribution < -0.4 is 14.4 Å². The Labute approximate surface area is 186 Å². The molecule has 0 aromatic heterocycles. The third-order valence-corrected chi connectivity index (χ3v) is 7.16. The van der Waals surface area contributed by atoms with Crippen molar-refractivity contribution in [1.29, 1.82) is 0 Å². The lowest BCUT2D eigenvalue weighted by Gasteiger charge is -2.25. The molecule has 0 saturated heterocycles. The van der Waals surface area contributed by atoms with Crippen LogP contribution >= 0.6 is 0 Å². The van der Waals surface area contributed by atoms with Crippen LogP contribution in [0.15, 0.2) is 53.4 Å². The quantitative estimate of drug-likeness (QED) is 0.520. The van der Waals surface area contributed by atoms with Gasteiger partial charge in [0.2, 0.25) is 5.91 Å². The molecule has 0 aliphatic heterocycles. The monoisotopic (exact) mass is 446 g/mol. The molecule has 7 heteroatoms. The summed E-state index contributed by atoms with van der Waals surface area (Å²) in [7, 11) is -2.41. The highest BCUT2D eigenvalue weighted by molar-refractivity contribution is 7.92. The molecular weight excluding hydrogens is 412 g/mol. The fraction of sp³-hybridized carbons (Fsp3) is 0.458. The molecule has 0 radical (unpaired) electrons. The van der Waals surface area contributed by atoms with Gasteiger partial charge in [0.25, 0.3) is 10.0 Å². The van der Waals surface area contributed by atoms with E-state index in [0.29, 0.717) is 23.9 Å². The lowest BCUT2D eigenvalue weighted by Crippen LogP contribution is -2.42. The van der Waals surface area contributed by atoms with Gasteiger partial charge in [-0.2, -0.15) is 0 Å². The smallest absolute Gasteiger partial charge is 0.264 e. The van der Waals surface area contributed by atoms with Crippen LogP contribution in [0.2, 0.25) is 0 Å². The van der Waals surface area contributed by atoms with E-state index in [1.807, 2.05) is 6.92 Å². The van der Waals surface area contributed by atoms with Gasteiger partial charge in [-0.1, -0.05) is 56.9 Å². The predicted octanol–water partition coefficient (Wildman–Crippen LogP) is 4.53. The summed E-state index contributed by atoms with van der Waals surface area (Å²) in [4.78, 5) is 12.9. The number of aryl methyl sites for hydroxylation is 1. The van der Waals surface area contributed by atoms with E-state index in [1.54, 1.807) is 48.5 Å². The standard InChI is InChI=1S/C24H34N2O4S/c1-5-7-9-20(6-2)17-25-24(27)18-26(21-10-8-11-22(16-21)30-4)31(28,29)23-14-12-19(3)13-15-23/h8,10-16,20H,5-7,9,17-18H2,1-4H3,(H,25,27). The molecule has 0 aliphatic carbocycles. The molecule has 2 aromatic rings. The van der Waals surface area contributed by atoms with Crippen LogP contribution in [0.1, 0.15) is 45.1 Å². The molecule has 1 amide bonds. The molecule has 0 heterocycles. The molecule has 0 aliphatic rings. The number of rotatable bonds is 12. The summed E-state index contributed by atoms with van der Waals surface area (Å²) in [5.41, 5.74) is 1.34. The number of anilines is 1. The molecule has 0 bridgehead atoms. The van der Waals surface area contributed by atoms with Crippen molar-refractivity contribution in [2.75, 3.05) is 24.5 Å². The van der Waals surface area contributed by atoms with Crippen LogP contribution in [0, 0.1) is 12.8 Å². The first-order chi connectivity index (χ1) is 14.8. The van der Waals surface area contributed by atoms with Gasteiger partial charge in [-0.15, -0.1) is 0 Å². The van der Waals surface area contributed by atoms with E-state index in [9.17, 15) is 13.2 Å². The normalized spacial score (nSPS) is 12.3. The summed E-state index contributed by atoms with van der Waals surface area (Å²) in [6.45, 7) is 6.40. The number of carbonyl (C=O) groups excluding carboxylic acids is 1. The third-order valence-electron chi connectivity index (χ3n) is 5.37. The van der Waals surface area contributed by atoms with Gasteiger partial charge in [-0.3, -0.25) is 9.10 Å². The van der Waals surface area contributed by atoms with Crippen LogP contribution in [-0.4, -0.2) is 34.5 Å². The summed E-state index contributed by atoms with van der Waals surface area (Å²) in [5.74, 6) is 0.587. The van der Waals surface area contributed by atoms with Gasteiger partial charge in [0.15, 0.2) is 0 Å². The minimum absolute atomic E-state index is 0.142. The van der Waals surface area contributed by atoms with Crippen LogP contribution in [0.25, 0.3) is 0 Å². The second-order valence-electron chi connectivity index (χ2n) is 7.75. The number of nitrogens with one attached hydrogen (secondary N) is 1. The Hall–Kier alpha value is -2.54. The summed E-state index contributed by atoms with van der Waals surface area (Å²) < 4.78 is 33.2. The Bertz CT molecular complexity index is 942. The Morgan fingerprint density at radius 3 is 2.45 bits per heavy atom. The number of nitrogens with zero attached hydrogens (tertiary/aromatic N) is 1. The average Bonchev–Trinajstić information content (AvgIpc) is 2.77. The molecule has 2 aromatic carbocycles. The van der Waals surface area contributed by atoms with Crippen molar-refractivity contribution in [3.63, 3.8) is 0 Å². The van der Waals surface area contributed by atoms with Crippen LogP contribution in [0.4, 0.5) is 5.69 Å². The number of hydrogen-bond donors (Lipinski definition) is 1. The first-order valence-electron chi connectivity index (χ1n) is 10.8. The van der Waals surface area contributed by atoms with E-state index in [-0.39, 0.29) is 17.3 Å². The molecule has 170 valence electrons. The first-order valence-corrected chi connectivity index (χ1v) is 12.3. The Morgan fingerprint density at radius 1 is 1.13 bits per heavy atom. The maximum absolute atomic E-state index is 13.4. The molecular formula is C24H34N2O4S. The molecule has 2 rings (SSSR count). The second-order valence-corrected chi connectivity index (χ2v) is 9.61. The molecule has 0 fully saturated rings. The van der Waals surface area contributed by atoms with Crippen LogP contribution in [0.5, 0.6) is 5.75 Å². The highest BCUT2D eigenvalue weighted by Crippen LogP contribution is 2.27. The molecule has 0 spiro atoms. The minimum Gasteiger partial charge on any atom is -0.497 e. The van der Waals surface area contributed by atoms with Crippen molar-refractivity contribution in [2.24, 2.45) is 5.92 Å². The average molecular weight is 447 g/mol. The van der Waals surface area contributed by atoms with Crippen LogP contribution in [0.3, 0.4) is 0 Å². The fourth-order valence-corrected chi connectivity index (χ4v) is 4.72. The van der Waals surface area contributed by atoms with Crippen molar-refractivity contribution in [1.82, 2.24) is 5.32 Å². The van der Waals surface area contributed by atoms with Gasteiger partial charge in [-0.05, 0) is 43.5 Å². The van der Waals surface area contributed by atoms with Crippen molar-refractivity contribution in [3.05, 3.63) is 54.1 Å². The van der Waals surface area contributed by atoms with E-state index in [0.717, 1.165) is 35.6 Å². The Morgan fingerprint density at radius 2 is 1.84 bits per heavy atom. The maximum Gasteiger partial charge on any atom is 0.264 e. The maximum atomic E-state index is 13.4. The summed E-state index contributed by atoms with van der Waals surface area (Å²) in [6, 6.07) is 13.3. The SMILES string of the molecule is CCCCC(CC)CNC(=O)CN(c1cccc(OC)c1)S(=O)(=O)c1ccc(C)cc1. The number of methoxy groups -OCH3 is 1. The van der Waals surface area contributed by atoms with E-state index >= 15 is 0 Å². The number of benzene rings is 2. The zero-order chi connectivity index (χ0) is 22.9. The number of amides is 1. The van der Waals surface area contributed by atoms with Gasteiger partial charge in [0.1, 0.15) is 12.3 Å². The first kappa shape index (κ1) is 24.7. The Balaban J connectivity index is 2.27. The Kier molecular flexibility index (Phi) is 9.37. The number of unbranched alkanes of at least 4 members (excludes halogenated alkanes) is 1. The highest BCUT2D eigenvalue weighted by atomic mass is 32.2. The summed E-state index contributed by atoms with van der Waals surface area (Å²) in [5, 5.41) is 2.93. The molecule has 31 heavy (non-hydrogen) atoms. The summed E-state index contributed by atoms with van der Waals surface area (Å²) >= 11 is 0. The molecule has 6 nitrogen and oxygen atoms in total. The van der Waals surface area contributed by atoms with Crippen molar-refractivity contribution in [2.45, 2.75) is 51.3 Å².